The third kappa shape index (κ3) is 4.59. The fourth-order valence-corrected chi connectivity index (χ4v) is 3.94. The van der Waals surface area contributed by atoms with E-state index in [9.17, 15) is 9.90 Å². The van der Waals surface area contributed by atoms with Gasteiger partial charge in [0, 0.05) is 43.5 Å². The van der Waals surface area contributed by atoms with Gasteiger partial charge in [-0.25, -0.2) is 15.0 Å². The van der Waals surface area contributed by atoms with Gasteiger partial charge in [0.05, 0.1) is 36.6 Å². The van der Waals surface area contributed by atoms with Crippen LogP contribution in [0.2, 0.25) is 0 Å². The van der Waals surface area contributed by atoms with E-state index in [1.54, 1.807) is 17.4 Å². The summed E-state index contributed by atoms with van der Waals surface area (Å²) in [4.78, 5) is 28.2. The van der Waals surface area contributed by atoms with Crippen molar-refractivity contribution < 1.29 is 14.6 Å². The number of aliphatic hydroxyl groups is 1. The number of amides is 1. The Balaban J connectivity index is 1.24. The Morgan fingerprint density at radius 3 is 3.11 bits per heavy atom. The second-order valence-corrected chi connectivity index (χ2v) is 7.68. The van der Waals surface area contributed by atoms with Gasteiger partial charge in [-0.15, -0.1) is 11.3 Å². The van der Waals surface area contributed by atoms with Gasteiger partial charge in [-0.1, -0.05) is 0 Å². The van der Waals surface area contributed by atoms with E-state index < -0.39 is 6.10 Å². The molecule has 1 fully saturated rings. The van der Waals surface area contributed by atoms with Gasteiger partial charge in [0.1, 0.15) is 17.8 Å². The van der Waals surface area contributed by atoms with E-state index >= 15 is 0 Å². The van der Waals surface area contributed by atoms with Crippen molar-refractivity contribution >= 4 is 23.1 Å². The maximum absolute atomic E-state index is 12.3. The molecule has 0 radical (unpaired) electrons. The number of hydrogen-bond acceptors (Lipinski definition) is 9. The average molecular weight is 390 g/mol. The Morgan fingerprint density at radius 1 is 1.41 bits per heavy atom. The molecule has 3 N–H and O–H groups in total. The van der Waals surface area contributed by atoms with Crippen LogP contribution in [0.1, 0.15) is 21.1 Å². The molecule has 144 valence electrons. The highest BCUT2D eigenvalue weighted by Gasteiger charge is 2.22. The summed E-state index contributed by atoms with van der Waals surface area (Å²) >= 11 is 1.65. The van der Waals surface area contributed by atoms with E-state index in [4.69, 9.17) is 4.74 Å². The summed E-state index contributed by atoms with van der Waals surface area (Å²) in [6.45, 7) is 3.63. The maximum Gasteiger partial charge on any atom is 0.270 e. The summed E-state index contributed by atoms with van der Waals surface area (Å²) in [5.41, 5.74) is 3.31. The highest BCUT2D eigenvalue weighted by molar-refractivity contribution is 7.09. The number of anilines is 1. The number of fused-ring (bicyclic) bond motifs is 1. The van der Waals surface area contributed by atoms with Crippen molar-refractivity contribution in [3.63, 3.8) is 0 Å². The van der Waals surface area contributed by atoms with Crippen molar-refractivity contribution in [2.45, 2.75) is 25.1 Å². The van der Waals surface area contributed by atoms with Crippen LogP contribution in [0.15, 0.2) is 17.9 Å². The molecule has 0 spiro atoms. The first-order valence-electron chi connectivity index (χ1n) is 8.93. The first-order chi connectivity index (χ1) is 13.2. The normalized spacial score (nSPS) is 18.4. The highest BCUT2D eigenvalue weighted by Crippen LogP contribution is 2.21. The minimum atomic E-state index is -0.644. The Bertz CT molecular complexity index is 796. The molecule has 2 aromatic rings. The van der Waals surface area contributed by atoms with Gasteiger partial charge in [0.2, 0.25) is 0 Å². The lowest BCUT2D eigenvalue weighted by Gasteiger charge is -2.28. The number of nitrogens with one attached hydrogen (secondary N) is 2. The van der Waals surface area contributed by atoms with E-state index in [1.165, 1.54) is 16.9 Å². The number of carbonyl (C=O) groups is 1. The lowest BCUT2D eigenvalue weighted by molar-refractivity contribution is 0.0209. The lowest BCUT2D eigenvalue weighted by atomic mass is 10.1. The number of carbonyl (C=O) groups excluding carboxylic acids is 1. The van der Waals surface area contributed by atoms with Gasteiger partial charge < -0.3 is 20.5 Å². The second-order valence-electron chi connectivity index (χ2n) is 6.74. The fourth-order valence-electron chi connectivity index (χ4n) is 3.08. The van der Waals surface area contributed by atoms with Crippen molar-refractivity contribution in [2.24, 2.45) is 0 Å². The van der Waals surface area contributed by atoms with Gasteiger partial charge in [0.25, 0.3) is 5.91 Å². The van der Waals surface area contributed by atoms with Crippen molar-refractivity contribution in [1.82, 2.24) is 25.2 Å². The molecule has 2 aliphatic rings. The molecule has 1 saturated heterocycles. The zero-order valence-corrected chi connectivity index (χ0v) is 15.6. The van der Waals surface area contributed by atoms with Gasteiger partial charge in [-0.2, -0.15) is 0 Å². The minimum absolute atomic E-state index is 0.175. The third-order valence-corrected chi connectivity index (χ3v) is 5.47. The number of hydrogen-bond donors (Lipinski definition) is 3. The van der Waals surface area contributed by atoms with Crippen molar-refractivity contribution in [2.75, 3.05) is 38.2 Å². The van der Waals surface area contributed by atoms with E-state index in [-0.39, 0.29) is 24.2 Å². The molecule has 0 bridgehead atoms. The van der Waals surface area contributed by atoms with Gasteiger partial charge >= 0.3 is 0 Å². The second kappa shape index (κ2) is 8.26. The van der Waals surface area contributed by atoms with Crippen LogP contribution < -0.4 is 10.6 Å². The summed E-state index contributed by atoms with van der Waals surface area (Å²) in [6, 6.07) is 1.83. The molecule has 0 aliphatic carbocycles. The van der Waals surface area contributed by atoms with E-state index in [1.807, 2.05) is 5.51 Å². The molecule has 27 heavy (non-hydrogen) atoms. The van der Waals surface area contributed by atoms with Crippen LogP contribution in [0.5, 0.6) is 0 Å². The van der Waals surface area contributed by atoms with E-state index in [2.05, 4.69) is 30.5 Å². The summed E-state index contributed by atoms with van der Waals surface area (Å²) in [6.07, 6.45) is 1.61. The number of rotatable bonds is 7. The maximum atomic E-state index is 12.3. The Morgan fingerprint density at radius 2 is 2.30 bits per heavy atom. The molecule has 9 nitrogen and oxygen atoms in total. The van der Waals surface area contributed by atoms with E-state index in [0.717, 1.165) is 19.5 Å². The van der Waals surface area contributed by atoms with Crippen LogP contribution in [0, 0.1) is 0 Å². The number of ether oxygens (including phenoxy) is 1. The van der Waals surface area contributed by atoms with Gasteiger partial charge in [0.15, 0.2) is 0 Å². The van der Waals surface area contributed by atoms with Crippen LogP contribution >= 0.6 is 11.3 Å². The fraction of sp³-hybridized carbons (Fsp3) is 0.529. The lowest BCUT2D eigenvalue weighted by Crippen LogP contribution is -2.42. The first-order valence-corrected chi connectivity index (χ1v) is 9.81. The van der Waals surface area contributed by atoms with Crippen LogP contribution in [0.25, 0.3) is 0 Å². The number of aliphatic hydroxyl groups excluding tert-OH is 1. The highest BCUT2D eigenvalue weighted by atomic mass is 32.1. The van der Waals surface area contributed by atoms with Crippen LogP contribution in [0.4, 0.5) is 5.82 Å². The molecule has 0 aromatic carbocycles. The molecule has 1 amide bonds. The molecular weight excluding hydrogens is 368 g/mol. The van der Waals surface area contributed by atoms with E-state index in [0.29, 0.717) is 25.6 Å². The Kier molecular flexibility index (Phi) is 5.58. The standard InChI is InChI=1S/C17H22N6O3S/c24-12(5-23-2-1-13-15(6-23)27-10-21-13)4-18-17(25)14-3-16(20-9-19-14)22-11-7-26-8-11/h3,9-12,24H,1-2,4-8H2,(H,18,25)(H,19,20,22). The number of aromatic nitrogens is 3. The van der Waals surface area contributed by atoms with Crippen molar-refractivity contribution in [3.05, 3.63) is 34.2 Å². The summed E-state index contributed by atoms with van der Waals surface area (Å²) < 4.78 is 5.11. The summed E-state index contributed by atoms with van der Waals surface area (Å²) in [5, 5.41) is 16.2. The average Bonchev–Trinajstić information content (AvgIpc) is 3.11. The largest absolute Gasteiger partial charge is 0.390 e. The third-order valence-electron chi connectivity index (χ3n) is 4.61. The van der Waals surface area contributed by atoms with Crippen molar-refractivity contribution in [3.8, 4) is 0 Å². The molecule has 10 heteroatoms. The zero-order valence-electron chi connectivity index (χ0n) is 14.8. The summed E-state index contributed by atoms with van der Waals surface area (Å²) in [7, 11) is 0. The first kappa shape index (κ1) is 18.2. The smallest absolute Gasteiger partial charge is 0.270 e. The predicted molar refractivity (Wildman–Crippen MR) is 99.7 cm³/mol. The molecule has 2 aliphatic heterocycles. The zero-order chi connectivity index (χ0) is 18.6. The van der Waals surface area contributed by atoms with Crippen LogP contribution in [0.3, 0.4) is 0 Å². The molecule has 4 heterocycles. The SMILES string of the molecule is O=C(NCC(O)CN1CCc2ncsc2C1)c1cc(NC2COC2)ncn1. The Labute approximate surface area is 160 Å². The van der Waals surface area contributed by atoms with Gasteiger partial charge in [-0.3, -0.25) is 9.69 Å². The molecule has 1 atom stereocenters. The molecule has 1 unspecified atom stereocenters. The molecular formula is C17H22N6O3S. The number of thiazole rings is 1. The topological polar surface area (TPSA) is 113 Å². The molecule has 0 saturated carbocycles. The Hall–Kier alpha value is -2.14. The predicted octanol–water partition coefficient (Wildman–Crippen LogP) is -0.107. The van der Waals surface area contributed by atoms with Crippen molar-refractivity contribution in [1.29, 1.82) is 0 Å². The van der Waals surface area contributed by atoms with Gasteiger partial charge in [-0.05, 0) is 0 Å². The molecule has 2 aromatic heterocycles. The quantitative estimate of drug-likeness (QED) is 0.601. The number of β-amino-alcohol motifs (C(OH)–C–C–N with tert-alkyl or cyclic N) is 1. The monoisotopic (exact) mass is 390 g/mol. The minimum Gasteiger partial charge on any atom is -0.390 e. The number of nitrogens with zero attached hydrogens (tertiary/aromatic N) is 4. The molecule has 4 rings (SSSR count). The van der Waals surface area contributed by atoms with Crippen LogP contribution in [-0.4, -0.2) is 75.9 Å². The van der Waals surface area contributed by atoms with Crippen LogP contribution in [-0.2, 0) is 17.7 Å². The summed E-state index contributed by atoms with van der Waals surface area (Å²) in [5.74, 6) is 0.269.